The zero-order valence-electron chi connectivity index (χ0n) is 11.5. The Morgan fingerprint density at radius 2 is 2.14 bits per heavy atom. The van der Waals surface area contributed by atoms with Crippen molar-refractivity contribution in [1.82, 2.24) is 4.98 Å². The molecule has 0 atom stereocenters. The van der Waals surface area contributed by atoms with Gasteiger partial charge in [-0.2, -0.15) is 0 Å². The molecular formula is C14H14F2N2OS2. The Morgan fingerprint density at radius 3 is 2.76 bits per heavy atom. The van der Waals surface area contributed by atoms with Gasteiger partial charge in [-0.3, -0.25) is 4.79 Å². The number of carbonyl (C=O) groups excluding carboxylic acids is 1. The molecule has 0 spiro atoms. The van der Waals surface area contributed by atoms with E-state index in [1.54, 1.807) is 0 Å². The number of thioether (sulfide) groups is 1. The van der Waals surface area contributed by atoms with Crippen LogP contribution in [0, 0.1) is 11.6 Å². The van der Waals surface area contributed by atoms with E-state index >= 15 is 0 Å². The van der Waals surface area contributed by atoms with Crippen molar-refractivity contribution in [3.05, 3.63) is 40.9 Å². The van der Waals surface area contributed by atoms with Gasteiger partial charge in [0.25, 0.3) is 0 Å². The number of aromatic nitrogens is 1. The van der Waals surface area contributed by atoms with Crippen LogP contribution >= 0.6 is 23.1 Å². The highest BCUT2D eigenvalue weighted by molar-refractivity contribution is 8.00. The third-order valence-electron chi connectivity index (χ3n) is 2.62. The van der Waals surface area contributed by atoms with E-state index in [1.165, 1.54) is 17.4 Å². The van der Waals surface area contributed by atoms with Gasteiger partial charge in [0.05, 0.1) is 11.4 Å². The average Bonchev–Trinajstić information content (AvgIpc) is 2.89. The van der Waals surface area contributed by atoms with Crippen molar-refractivity contribution in [1.29, 1.82) is 0 Å². The lowest BCUT2D eigenvalue weighted by molar-refractivity contribution is -0.113. The molecule has 1 heterocycles. The number of anilines is 1. The largest absolute Gasteiger partial charge is 0.301 e. The molecule has 0 aliphatic carbocycles. The second-order valence-electron chi connectivity index (χ2n) is 4.64. The van der Waals surface area contributed by atoms with Crippen LogP contribution in [0.2, 0.25) is 0 Å². The minimum atomic E-state index is -0.915. The molecule has 1 aromatic heterocycles. The molecule has 0 fully saturated rings. The number of benzene rings is 1. The van der Waals surface area contributed by atoms with Crippen LogP contribution in [0.1, 0.15) is 25.5 Å². The molecule has 0 saturated carbocycles. The quantitative estimate of drug-likeness (QED) is 0.833. The van der Waals surface area contributed by atoms with Gasteiger partial charge in [0, 0.05) is 10.3 Å². The van der Waals surface area contributed by atoms with E-state index in [1.807, 2.05) is 19.2 Å². The summed E-state index contributed by atoms with van der Waals surface area (Å²) in [6.07, 6.45) is 0. The van der Waals surface area contributed by atoms with Crippen LogP contribution in [0.4, 0.5) is 13.9 Å². The lowest BCUT2D eigenvalue weighted by atomic mass is 10.2. The smallest absolute Gasteiger partial charge is 0.236 e. The molecule has 7 heteroatoms. The second kappa shape index (κ2) is 7.00. The third-order valence-corrected chi connectivity index (χ3v) is 4.39. The molecule has 0 bridgehead atoms. The van der Waals surface area contributed by atoms with E-state index in [0.29, 0.717) is 15.9 Å². The first kappa shape index (κ1) is 15.9. The summed E-state index contributed by atoms with van der Waals surface area (Å²) in [5.74, 6) is -1.62. The fourth-order valence-electron chi connectivity index (χ4n) is 1.48. The van der Waals surface area contributed by atoms with Gasteiger partial charge in [-0.25, -0.2) is 13.8 Å². The van der Waals surface area contributed by atoms with Gasteiger partial charge < -0.3 is 5.32 Å². The minimum absolute atomic E-state index is 0.113. The third kappa shape index (κ3) is 4.50. The zero-order chi connectivity index (χ0) is 15.4. The molecule has 2 rings (SSSR count). The van der Waals surface area contributed by atoms with Crippen LogP contribution in [-0.4, -0.2) is 16.6 Å². The summed E-state index contributed by atoms with van der Waals surface area (Å²) in [7, 11) is 0. The molecule has 112 valence electrons. The highest BCUT2D eigenvalue weighted by Gasteiger charge is 2.10. The van der Waals surface area contributed by atoms with Crippen molar-refractivity contribution in [2.75, 3.05) is 11.1 Å². The Morgan fingerprint density at radius 1 is 1.38 bits per heavy atom. The van der Waals surface area contributed by atoms with Gasteiger partial charge in [-0.15, -0.1) is 23.1 Å². The Bertz CT molecular complexity index is 644. The number of thiazole rings is 1. The molecule has 21 heavy (non-hydrogen) atoms. The topological polar surface area (TPSA) is 42.0 Å². The van der Waals surface area contributed by atoms with Gasteiger partial charge in [0.2, 0.25) is 5.91 Å². The first-order valence-electron chi connectivity index (χ1n) is 6.29. The standard InChI is InChI=1S/C14H14F2N2OS2/c1-8(2)12-6-21-14(17-12)18-13(19)7-20-9-3-4-10(15)11(16)5-9/h3-6,8H,7H2,1-2H3,(H,17,18,19). The van der Waals surface area contributed by atoms with Crippen molar-refractivity contribution in [2.24, 2.45) is 0 Å². The van der Waals surface area contributed by atoms with Crippen molar-refractivity contribution in [2.45, 2.75) is 24.7 Å². The second-order valence-corrected chi connectivity index (χ2v) is 6.55. The highest BCUT2D eigenvalue weighted by Crippen LogP contribution is 2.23. The van der Waals surface area contributed by atoms with Gasteiger partial charge in [0.1, 0.15) is 0 Å². The number of carbonyl (C=O) groups is 1. The summed E-state index contributed by atoms with van der Waals surface area (Å²) in [6.45, 7) is 4.05. The molecule has 1 amide bonds. The Labute approximate surface area is 129 Å². The summed E-state index contributed by atoms with van der Waals surface area (Å²) in [4.78, 5) is 16.6. The van der Waals surface area contributed by atoms with Crippen LogP contribution in [0.15, 0.2) is 28.5 Å². The van der Waals surface area contributed by atoms with Crippen LogP contribution in [0.3, 0.4) is 0 Å². The first-order valence-corrected chi connectivity index (χ1v) is 8.15. The number of nitrogens with zero attached hydrogens (tertiary/aromatic N) is 1. The number of amides is 1. The van der Waals surface area contributed by atoms with E-state index in [2.05, 4.69) is 10.3 Å². The van der Waals surface area contributed by atoms with Crippen LogP contribution in [0.25, 0.3) is 0 Å². The fourth-order valence-corrected chi connectivity index (χ4v) is 3.09. The predicted molar refractivity (Wildman–Crippen MR) is 81.9 cm³/mol. The van der Waals surface area contributed by atoms with Gasteiger partial charge in [-0.05, 0) is 24.1 Å². The molecule has 3 nitrogen and oxygen atoms in total. The Hall–Kier alpha value is -1.47. The van der Waals surface area contributed by atoms with Crippen LogP contribution in [-0.2, 0) is 4.79 Å². The van der Waals surface area contributed by atoms with E-state index in [0.717, 1.165) is 29.6 Å². The van der Waals surface area contributed by atoms with Crippen molar-refractivity contribution >= 4 is 34.1 Å². The maximum Gasteiger partial charge on any atom is 0.236 e. The van der Waals surface area contributed by atoms with Crippen molar-refractivity contribution in [3.8, 4) is 0 Å². The summed E-state index contributed by atoms with van der Waals surface area (Å²) in [5.41, 5.74) is 0.934. The molecule has 1 aromatic carbocycles. The SMILES string of the molecule is CC(C)c1csc(NC(=O)CSc2ccc(F)c(F)c2)n1. The van der Waals surface area contributed by atoms with E-state index in [-0.39, 0.29) is 11.7 Å². The summed E-state index contributed by atoms with van der Waals surface area (Å²) in [5, 5.41) is 5.15. The highest BCUT2D eigenvalue weighted by atomic mass is 32.2. The predicted octanol–water partition coefficient (Wildman–Crippen LogP) is 4.28. The summed E-state index contributed by atoms with van der Waals surface area (Å²) < 4.78 is 25.8. The maximum absolute atomic E-state index is 13.0. The van der Waals surface area contributed by atoms with Crippen molar-refractivity contribution < 1.29 is 13.6 Å². The number of rotatable bonds is 5. The Balaban J connectivity index is 1.88. The monoisotopic (exact) mass is 328 g/mol. The van der Waals surface area contributed by atoms with Gasteiger partial charge >= 0.3 is 0 Å². The molecule has 1 N–H and O–H groups in total. The summed E-state index contributed by atoms with van der Waals surface area (Å²) in [6, 6.07) is 3.56. The lowest BCUT2D eigenvalue weighted by Gasteiger charge is -2.03. The minimum Gasteiger partial charge on any atom is -0.301 e. The molecule has 0 unspecified atom stereocenters. The molecule has 0 aliphatic heterocycles. The number of hydrogen-bond acceptors (Lipinski definition) is 4. The molecular weight excluding hydrogens is 314 g/mol. The van der Waals surface area contributed by atoms with Crippen LogP contribution in [0.5, 0.6) is 0 Å². The van der Waals surface area contributed by atoms with Crippen molar-refractivity contribution in [3.63, 3.8) is 0 Å². The normalized spacial score (nSPS) is 10.9. The molecule has 0 radical (unpaired) electrons. The van der Waals surface area contributed by atoms with E-state index < -0.39 is 11.6 Å². The fraction of sp³-hybridized carbons (Fsp3) is 0.286. The number of hydrogen-bond donors (Lipinski definition) is 1. The lowest BCUT2D eigenvalue weighted by Crippen LogP contribution is -2.13. The number of halogens is 2. The molecule has 0 saturated heterocycles. The first-order chi connectivity index (χ1) is 9.95. The number of nitrogens with one attached hydrogen (secondary N) is 1. The Kier molecular flexibility index (Phi) is 5.30. The molecule has 0 aliphatic rings. The average molecular weight is 328 g/mol. The van der Waals surface area contributed by atoms with Gasteiger partial charge in [-0.1, -0.05) is 13.8 Å². The summed E-state index contributed by atoms with van der Waals surface area (Å²) >= 11 is 2.51. The zero-order valence-corrected chi connectivity index (χ0v) is 13.2. The molecule has 2 aromatic rings. The van der Waals surface area contributed by atoms with Gasteiger partial charge in [0.15, 0.2) is 16.8 Å². The van der Waals surface area contributed by atoms with Crippen LogP contribution < -0.4 is 5.32 Å². The maximum atomic E-state index is 13.0. The van der Waals surface area contributed by atoms with E-state index in [9.17, 15) is 13.6 Å². The van der Waals surface area contributed by atoms with E-state index in [4.69, 9.17) is 0 Å².